The molecule has 0 saturated heterocycles. The van der Waals surface area contributed by atoms with Crippen LogP contribution in [0.15, 0.2) is 24.4 Å². The number of halogens is 1. The summed E-state index contributed by atoms with van der Waals surface area (Å²) in [5, 5.41) is 4.82. The maximum absolute atomic E-state index is 5.90. The molecule has 0 aliphatic carbocycles. The van der Waals surface area contributed by atoms with Crippen molar-refractivity contribution in [3.05, 3.63) is 35.1 Å². The number of hydrogen-bond donors (Lipinski definition) is 2. The lowest BCUT2D eigenvalue weighted by Gasteiger charge is -2.02. The lowest BCUT2D eigenvalue weighted by atomic mass is 10.4. The summed E-state index contributed by atoms with van der Waals surface area (Å²) in [5.74, 6) is 6.51. The van der Waals surface area contributed by atoms with Gasteiger partial charge in [0.05, 0.1) is 16.9 Å². The minimum Gasteiger partial charge on any atom is -0.308 e. The largest absolute Gasteiger partial charge is 0.308 e. The molecule has 78 valence electrons. The van der Waals surface area contributed by atoms with Crippen molar-refractivity contribution in [2.45, 2.75) is 6.92 Å². The zero-order valence-electron chi connectivity index (χ0n) is 8.11. The Kier molecular flexibility index (Phi) is 2.57. The Morgan fingerprint density at radius 2 is 2.27 bits per heavy atom. The molecule has 2 heterocycles. The van der Waals surface area contributed by atoms with Gasteiger partial charge in [-0.1, -0.05) is 17.7 Å². The van der Waals surface area contributed by atoms with Gasteiger partial charge in [0, 0.05) is 0 Å². The Hall–Kier alpha value is -1.59. The van der Waals surface area contributed by atoms with E-state index >= 15 is 0 Å². The first kappa shape index (κ1) is 9.95. The van der Waals surface area contributed by atoms with Gasteiger partial charge >= 0.3 is 0 Å². The van der Waals surface area contributed by atoms with Crippen molar-refractivity contribution in [1.82, 2.24) is 14.8 Å². The molecule has 0 aliphatic heterocycles. The fourth-order valence-electron chi connectivity index (χ4n) is 1.19. The van der Waals surface area contributed by atoms with Crippen LogP contribution in [0.3, 0.4) is 0 Å². The second-order valence-electron chi connectivity index (χ2n) is 3.03. The lowest BCUT2D eigenvalue weighted by molar-refractivity contribution is 0.833. The molecule has 2 aromatic heterocycles. The van der Waals surface area contributed by atoms with Gasteiger partial charge in [-0.25, -0.2) is 15.5 Å². The standard InChI is InChI=1S/C9H10ClN5/c1-6-7(10)5-15(14-6)9-4-2-3-8(12-9)13-11/h2-5H,11H2,1H3,(H,12,13). The first-order valence-corrected chi connectivity index (χ1v) is 4.74. The van der Waals surface area contributed by atoms with E-state index in [2.05, 4.69) is 15.5 Å². The summed E-state index contributed by atoms with van der Waals surface area (Å²) < 4.78 is 1.61. The number of aromatic nitrogens is 3. The molecule has 2 rings (SSSR count). The highest BCUT2D eigenvalue weighted by Crippen LogP contribution is 2.15. The number of anilines is 1. The molecule has 15 heavy (non-hydrogen) atoms. The van der Waals surface area contributed by atoms with Crippen LogP contribution in [0.4, 0.5) is 5.82 Å². The first-order chi connectivity index (χ1) is 7.20. The molecule has 0 bridgehead atoms. The van der Waals surface area contributed by atoms with E-state index in [-0.39, 0.29) is 0 Å². The summed E-state index contributed by atoms with van der Waals surface area (Å²) in [5.41, 5.74) is 3.24. The molecular formula is C9H10ClN5. The van der Waals surface area contributed by atoms with Gasteiger partial charge in [0.1, 0.15) is 5.82 Å². The minimum absolute atomic E-state index is 0.580. The van der Waals surface area contributed by atoms with E-state index in [9.17, 15) is 0 Å². The van der Waals surface area contributed by atoms with Gasteiger partial charge in [-0.2, -0.15) is 5.10 Å². The summed E-state index contributed by atoms with van der Waals surface area (Å²) in [4.78, 5) is 4.22. The van der Waals surface area contributed by atoms with Gasteiger partial charge < -0.3 is 5.43 Å². The van der Waals surface area contributed by atoms with E-state index in [0.29, 0.717) is 16.7 Å². The predicted molar refractivity (Wildman–Crippen MR) is 58.9 cm³/mol. The average molecular weight is 224 g/mol. The van der Waals surface area contributed by atoms with Crippen molar-refractivity contribution in [1.29, 1.82) is 0 Å². The molecule has 2 aromatic rings. The Morgan fingerprint density at radius 3 is 2.87 bits per heavy atom. The summed E-state index contributed by atoms with van der Waals surface area (Å²) in [7, 11) is 0. The Morgan fingerprint density at radius 1 is 1.47 bits per heavy atom. The number of pyridine rings is 1. The minimum atomic E-state index is 0.580. The van der Waals surface area contributed by atoms with Crippen LogP contribution in [-0.2, 0) is 0 Å². The molecule has 5 nitrogen and oxygen atoms in total. The molecule has 0 fully saturated rings. The smallest absolute Gasteiger partial charge is 0.155 e. The zero-order chi connectivity index (χ0) is 10.8. The third-order valence-corrected chi connectivity index (χ3v) is 2.33. The number of hydrazine groups is 1. The maximum atomic E-state index is 5.90. The van der Waals surface area contributed by atoms with Gasteiger partial charge in [0.2, 0.25) is 0 Å². The van der Waals surface area contributed by atoms with Crippen molar-refractivity contribution in [3.8, 4) is 5.82 Å². The second-order valence-corrected chi connectivity index (χ2v) is 3.44. The molecule has 6 heteroatoms. The molecule has 0 unspecified atom stereocenters. The van der Waals surface area contributed by atoms with Crippen molar-refractivity contribution in [3.63, 3.8) is 0 Å². The van der Waals surface area contributed by atoms with Crippen LogP contribution in [-0.4, -0.2) is 14.8 Å². The second kappa shape index (κ2) is 3.88. The number of nitrogens with two attached hydrogens (primary N) is 1. The van der Waals surface area contributed by atoms with Gasteiger partial charge in [-0.05, 0) is 19.1 Å². The fourth-order valence-corrected chi connectivity index (χ4v) is 1.32. The number of nitrogens with one attached hydrogen (secondary N) is 1. The van der Waals surface area contributed by atoms with E-state index in [1.54, 1.807) is 16.9 Å². The lowest BCUT2D eigenvalue weighted by Crippen LogP contribution is -2.09. The van der Waals surface area contributed by atoms with E-state index in [0.717, 1.165) is 5.69 Å². The quantitative estimate of drug-likeness (QED) is 0.598. The maximum Gasteiger partial charge on any atom is 0.155 e. The summed E-state index contributed by atoms with van der Waals surface area (Å²) in [6, 6.07) is 5.42. The van der Waals surface area contributed by atoms with Gasteiger partial charge in [-0.3, -0.25) is 0 Å². The third kappa shape index (κ3) is 1.93. The van der Waals surface area contributed by atoms with Crippen molar-refractivity contribution in [2.24, 2.45) is 5.84 Å². The summed E-state index contributed by atoms with van der Waals surface area (Å²) >= 11 is 5.90. The molecule has 3 N–H and O–H groups in total. The first-order valence-electron chi connectivity index (χ1n) is 4.36. The number of rotatable bonds is 2. The summed E-state index contributed by atoms with van der Waals surface area (Å²) in [6.45, 7) is 1.84. The summed E-state index contributed by atoms with van der Waals surface area (Å²) in [6.07, 6.45) is 1.71. The molecule has 0 radical (unpaired) electrons. The SMILES string of the molecule is Cc1nn(-c2cccc(NN)n2)cc1Cl. The molecular weight excluding hydrogens is 214 g/mol. The van der Waals surface area contributed by atoms with E-state index in [1.807, 2.05) is 19.1 Å². The van der Waals surface area contributed by atoms with Gasteiger partial charge in [0.25, 0.3) is 0 Å². The van der Waals surface area contributed by atoms with Crippen LogP contribution in [0.5, 0.6) is 0 Å². The van der Waals surface area contributed by atoms with Crippen LogP contribution in [0, 0.1) is 6.92 Å². The van der Waals surface area contributed by atoms with Crippen molar-refractivity contribution in [2.75, 3.05) is 5.43 Å². The Labute approximate surface area is 91.8 Å². The number of aryl methyl sites for hydroxylation is 1. The Bertz CT molecular complexity index is 460. The van der Waals surface area contributed by atoms with Crippen LogP contribution in [0.2, 0.25) is 5.02 Å². The third-order valence-electron chi connectivity index (χ3n) is 1.96. The molecule has 0 aromatic carbocycles. The highest BCUT2D eigenvalue weighted by molar-refractivity contribution is 6.31. The van der Waals surface area contributed by atoms with Gasteiger partial charge in [-0.15, -0.1) is 0 Å². The van der Waals surface area contributed by atoms with Crippen LogP contribution < -0.4 is 11.3 Å². The van der Waals surface area contributed by atoms with E-state index < -0.39 is 0 Å². The number of hydrogen-bond acceptors (Lipinski definition) is 4. The molecule has 0 atom stereocenters. The fraction of sp³-hybridized carbons (Fsp3) is 0.111. The monoisotopic (exact) mass is 223 g/mol. The zero-order valence-corrected chi connectivity index (χ0v) is 8.86. The van der Waals surface area contributed by atoms with Crippen LogP contribution in [0.1, 0.15) is 5.69 Å². The Balaban J connectivity index is 2.44. The molecule has 0 saturated carbocycles. The van der Waals surface area contributed by atoms with Crippen LogP contribution >= 0.6 is 11.6 Å². The molecule has 0 spiro atoms. The number of nitrogen functional groups attached to an aromatic ring is 1. The topological polar surface area (TPSA) is 68.8 Å². The molecule has 0 amide bonds. The average Bonchev–Trinajstić information content (AvgIpc) is 2.59. The van der Waals surface area contributed by atoms with Gasteiger partial charge in [0.15, 0.2) is 5.82 Å². The normalized spacial score (nSPS) is 10.3. The highest BCUT2D eigenvalue weighted by atomic mass is 35.5. The molecule has 0 aliphatic rings. The van der Waals surface area contributed by atoms with Crippen molar-refractivity contribution >= 4 is 17.4 Å². The van der Waals surface area contributed by atoms with E-state index in [1.165, 1.54) is 0 Å². The highest BCUT2D eigenvalue weighted by Gasteiger charge is 2.04. The van der Waals surface area contributed by atoms with Crippen molar-refractivity contribution < 1.29 is 0 Å². The number of nitrogens with zero attached hydrogens (tertiary/aromatic N) is 3. The van der Waals surface area contributed by atoms with Crippen LogP contribution in [0.25, 0.3) is 5.82 Å². The van der Waals surface area contributed by atoms with E-state index in [4.69, 9.17) is 17.4 Å². The predicted octanol–water partition coefficient (Wildman–Crippen LogP) is 1.51.